The number of rotatable bonds is 8. The number of methoxy groups -OCH3 is 1. The number of fused-ring (bicyclic) bond motifs is 1. The van der Waals surface area contributed by atoms with Gasteiger partial charge in [-0.15, -0.1) is 0 Å². The molecule has 0 saturated heterocycles. The second-order valence-corrected chi connectivity index (χ2v) is 6.62. The van der Waals surface area contributed by atoms with Crippen molar-refractivity contribution in [1.29, 1.82) is 0 Å². The highest BCUT2D eigenvalue weighted by Crippen LogP contribution is 2.29. The summed E-state index contributed by atoms with van der Waals surface area (Å²) in [6.45, 7) is -1.88. The summed E-state index contributed by atoms with van der Waals surface area (Å²) in [6.07, 6.45) is 0.486. The van der Waals surface area contributed by atoms with Crippen LogP contribution in [-0.4, -0.2) is 40.1 Å². The van der Waals surface area contributed by atoms with Crippen LogP contribution in [0.5, 0.6) is 17.2 Å². The van der Waals surface area contributed by atoms with Gasteiger partial charge in [0.05, 0.1) is 13.7 Å². The van der Waals surface area contributed by atoms with Crippen molar-refractivity contribution >= 4 is 5.96 Å². The van der Waals surface area contributed by atoms with Crippen molar-refractivity contribution in [1.82, 2.24) is 10.6 Å². The van der Waals surface area contributed by atoms with Gasteiger partial charge in [-0.3, -0.25) is 4.99 Å². The number of halogens is 3. The quantitative estimate of drug-likeness (QED) is 0.486. The second kappa shape index (κ2) is 10.8. The highest BCUT2D eigenvalue weighted by atomic mass is 19.3. The number of hydrogen-bond donors (Lipinski definition) is 2. The van der Waals surface area contributed by atoms with E-state index in [2.05, 4.69) is 20.4 Å². The van der Waals surface area contributed by atoms with Gasteiger partial charge in [-0.1, -0.05) is 0 Å². The molecule has 1 heterocycles. The zero-order valence-corrected chi connectivity index (χ0v) is 17.2. The monoisotopic (exact) mass is 439 g/mol. The van der Waals surface area contributed by atoms with Crippen LogP contribution in [0.2, 0.25) is 0 Å². The minimum absolute atomic E-state index is 0.0458. The third-order valence-electron chi connectivity index (χ3n) is 4.59. The molecule has 31 heavy (non-hydrogen) atoms. The first-order valence-electron chi connectivity index (χ1n) is 9.58. The second-order valence-electron chi connectivity index (χ2n) is 6.62. The van der Waals surface area contributed by atoms with Crippen molar-refractivity contribution in [2.24, 2.45) is 4.99 Å². The Bertz CT molecular complexity index is 925. The SMILES string of the molecule is CN=C(NCCc1cc(F)cc2c1OCOC2)NCc1cc(OC)ccc1OC(F)F. The van der Waals surface area contributed by atoms with E-state index in [4.69, 9.17) is 14.2 Å². The van der Waals surface area contributed by atoms with Crippen LogP contribution >= 0.6 is 0 Å². The molecule has 0 spiro atoms. The summed E-state index contributed by atoms with van der Waals surface area (Å²) in [7, 11) is 3.07. The van der Waals surface area contributed by atoms with Crippen LogP contribution in [0.4, 0.5) is 13.2 Å². The predicted molar refractivity (Wildman–Crippen MR) is 108 cm³/mol. The third-order valence-corrected chi connectivity index (χ3v) is 4.59. The van der Waals surface area contributed by atoms with Crippen LogP contribution in [0.15, 0.2) is 35.3 Å². The molecule has 7 nitrogen and oxygen atoms in total. The molecule has 0 bridgehead atoms. The minimum atomic E-state index is -2.94. The Morgan fingerprint density at radius 2 is 2.03 bits per heavy atom. The van der Waals surface area contributed by atoms with Crippen molar-refractivity contribution in [3.05, 3.63) is 52.8 Å². The van der Waals surface area contributed by atoms with Crippen molar-refractivity contribution < 1.29 is 32.1 Å². The Labute approximate surface area is 178 Å². The van der Waals surface area contributed by atoms with Gasteiger partial charge in [0.1, 0.15) is 23.1 Å². The average molecular weight is 439 g/mol. The lowest BCUT2D eigenvalue weighted by atomic mass is 10.1. The molecule has 1 aliphatic rings. The molecule has 0 unspecified atom stereocenters. The smallest absolute Gasteiger partial charge is 0.387 e. The molecule has 10 heteroatoms. The fourth-order valence-electron chi connectivity index (χ4n) is 3.19. The maximum Gasteiger partial charge on any atom is 0.387 e. The van der Waals surface area contributed by atoms with E-state index in [0.717, 1.165) is 5.56 Å². The molecule has 0 aromatic heterocycles. The first-order chi connectivity index (χ1) is 15.0. The van der Waals surface area contributed by atoms with Crippen LogP contribution in [-0.2, 0) is 24.3 Å². The minimum Gasteiger partial charge on any atom is -0.497 e. The van der Waals surface area contributed by atoms with Gasteiger partial charge < -0.3 is 29.6 Å². The van der Waals surface area contributed by atoms with Gasteiger partial charge in [0.25, 0.3) is 0 Å². The predicted octanol–water partition coefficient (Wildman–Crippen LogP) is 3.21. The Balaban J connectivity index is 1.59. The number of alkyl halides is 2. The Kier molecular flexibility index (Phi) is 7.82. The summed E-state index contributed by atoms with van der Waals surface area (Å²) in [5.41, 5.74) is 1.88. The summed E-state index contributed by atoms with van der Waals surface area (Å²) in [5.74, 6) is 1.29. The summed E-state index contributed by atoms with van der Waals surface area (Å²) < 4.78 is 59.6. The number of nitrogens with zero attached hydrogens (tertiary/aromatic N) is 1. The molecule has 2 aromatic carbocycles. The van der Waals surface area contributed by atoms with Gasteiger partial charge in [-0.05, 0) is 42.3 Å². The van der Waals surface area contributed by atoms with Crippen LogP contribution in [0.25, 0.3) is 0 Å². The van der Waals surface area contributed by atoms with Crippen molar-refractivity contribution in [2.75, 3.05) is 27.5 Å². The molecule has 0 amide bonds. The third kappa shape index (κ3) is 6.17. The fourth-order valence-corrected chi connectivity index (χ4v) is 3.19. The van der Waals surface area contributed by atoms with Crippen molar-refractivity contribution in [2.45, 2.75) is 26.2 Å². The molecular formula is C21H24F3N3O4. The molecule has 0 atom stereocenters. The molecule has 0 aliphatic carbocycles. The number of nitrogens with one attached hydrogen (secondary N) is 2. The number of aliphatic imine (C=N–C) groups is 1. The number of benzene rings is 2. The maximum absolute atomic E-state index is 13.9. The molecule has 2 N–H and O–H groups in total. The lowest BCUT2D eigenvalue weighted by Gasteiger charge is -2.21. The lowest BCUT2D eigenvalue weighted by Crippen LogP contribution is -2.38. The molecule has 0 saturated carbocycles. The zero-order chi connectivity index (χ0) is 22.2. The highest BCUT2D eigenvalue weighted by Gasteiger charge is 2.17. The standard InChI is InChI=1S/C21H24F3N3O4/c1-25-21(27-10-14-9-17(28-2)3-4-18(14)31-20(23)24)26-6-5-13-7-16(22)8-15-11-29-12-30-19(13)15/h3-4,7-9,20H,5-6,10-12H2,1-2H3,(H2,25,26,27). The lowest BCUT2D eigenvalue weighted by molar-refractivity contribution is -0.0505. The van der Waals surface area contributed by atoms with E-state index in [0.29, 0.717) is 48.2 Å². The summed E-state index contributed by atoms with van der Waals surface area (Å²) in [6, 6.07) is 7.41. The van der Waals surface area contributed by atoms with Gasteiger partial charge in [-0.25, -0.2) is 4.39 Å². The number of hydrogen-bond acceptors (Lipinski definition) is 5. The highest BCUT2D eigenvalue weighted by molar-refractivity contribution is 5.79. The van der Waals surface area contributed by atoms with Crippen molar-refractivity contribution in [3.63, 3.8) is 0 Å². The fraction of sp³-hybridized carbons (Fsp3) is 0.381. The van der Waals surface area contributed by atoms with Crippen LogP contribution in [0.3, 0.4) is 0 Å². The Hall–Kier alpha value is -3.14. The number of guanidine groups is 1. The largest absolute Gasteiger partial charge is 0.497 e. The van der Waals surface area contributed by atoms with Crippen LogP contribution in [0.1, 0.15) is 16.7 Å². The first-order valence-corrected chi connectivity index (χ1v) is 9.58. The molecular weight excluding hydrogens is 415 g/mol. The average Bonchev–Trinajstić information content (AvgIpc) is 2.76. The topological polar surface area (TPSA) is 73.3 Å². The van der Waals surface area contributed by atoms with Gasteiger partial charge in [0.2, 0.25) is 0 Å². The van der Waals surface area contributed by atoms with Gasteiger partial charge >= 0.3 is 6.61 Å². The van der Waals surface area contributed by atoms with Gasteiger partial charge in [-0.2, -0.15) is 8.78 Å². The molecule has 168 valence electrons. The maximum atomic E-state index is 13.9. The van der Waals surface area contributed by atoms with Crippen LogP contribution in [0, 0.1) is 5.82 Å². The zero-order valence-electron chi connectivity index (χ0n) is 17.2. The molecule has 3 rings (SSSR count). The van der Waals surface area contributed by atoms with E-state index < -0.39 is 6.61 Å². The molecule has 2 aromatic rings. The molecule has 1 aliphatic heterocycles. The summed E-state index contributed by atoms with van der Waals surface area (Å²) in [5, 5.41) is 6.16. The summed E-state index contributed by atoms with van der Waals surface area (Å²) in [4.78, 5) is 4.12. The van der Waals surface area contributed by atoms with Crippen LogP contribution < -0.4 is 24.8 Å². The van der Waals surface area contributed by atoms with E-state index in [1.54, 1.807) is 19.2 Å². The summed E-state index contributed by atoms with van der Waals surface area (Å²) >= 11 is 0. The normalized spacial score (nSPS) is 13.4. The van der Waals surface area contributed by atoms with Crippen molar-refractivity contribution in [3.8, 4) is 17.2 Å². The van der Waals surface area contributed by atoms with Gasteiger partial charge in [0, 0.05) is 31.3 Å². The van der Waals surface area contributed by atoms with E-state index in [1.807, 2.05) is 0 Å². The van der Waals surface area contributed by atoms with E-state index in [9.17, 15) is 13.2 Å². The first kappa shape index (κ1) is 22.5. The van der Waals surface area contributed by atoms with E-state index in [-0.39, 0.29) is 24.9 Å². The number of ether oxygens (including phenoxy) is 4. The molecule has 0 fully saturated rings. The van der Waals surface area contributed by atoms with Gasteiger partial charge in [0.15, 0.2) is 12.8 Å². The Morgan fingerprint density at radius 3 is 2.77 bits per heavy atom. The van der Waals surface area contributed by atoms with E-state index >= 15 is 0 Å². The molecule has 0 radical (unpaired) electrons. The van der Waals surface area contributed by atoms with E-state index in [1.165, 1.54) is 25.3 Å². The Morgan fingerprint density at radius 1 is 1.19 bits per heavy atom.